The van der Waals surface area contributed by atoms with Crippen LogP contribution in [0.1, 0.15) is 5.56 Å². The zero-order chi connectivity index (χ0) is 19.4. The summed E-state index contributed by atoms with van der Waals surface area (Å²) in [6.07, 6.45) is 1.25. The van der Waals surface area contributed by atoms with Gasteiger partial charge in [-0.15, -0.1) is 0 Å². The first kappa shape index (κ1) is 18.6. The summed E-state index contributed by atoms with van der Waals surface area (Å²) in [4.78, 5) is 41.9. The number of imide groups is 2. The van der Waals surface area contributed by atoms with E-state index in [1.807, 2.05) is 12.1 Å². The van der Waals surface area contributed by atoms with Gasteiger partial charge in [-0.05, 0) is 29.8 Å². The van der Waals surface area contributed by atoms with Crippen LogP contribution in [-0.2, 0) is 16.1 Å². The highest BCUT2D eigenvalue weighted by molar-refractivity contribution is 6.38. The molecule has 0 spiro atoms. The third-order valence-electron chi connectivity index (χ3n) is 3.98. The van der Waals surface area contributed by atoms with Crippen molar-refractivity contribution in [3.63, 3.8) is 0 Å². The van der Waals surface area contributed by atoms with Gasteiger partial charge in [-0.1, -0.05) is 35.9 Å². The first-order valence-corrected chi connectivity index (χ1v) is 8.45. The lowest BCUT2D eigenvalue weighted by atomic mass is 10.1. The molecule has 1 heterocycles. The smallest absolute Gasteiger partial charge is 0.335 e. The van der Waals surface area contributed by atoms with Crippen molar-refractivity contribution >= 4 is 41.3 Å². The summed E-state index contributed by atoms with van der Waals surface area (Å²) in [7, 11) is 1.58. The van der Waals surface area contributed by atoms with Gasteiger partial charge >= 0.3 is 6.03 Å². The summed E-state index contributed by atoms with van der Waals surface area (Å²) in [6, 6.07) is 12.8. The molecule has 138 valence electrons. The average molecular weight is 386 g/mol. The number of nitrogens with one attached hydrogen (secondary N) is 1. The van der Waals surface area contributed by atoms with E-state index in [0.29, 0.717) is 0 Å². The Labute approximate surface area is 160 Å². The van der Waals surface area contributed by atoms with Crippen molar-refractivity contribution in [1.82, 2.24) is 5.32 Å². The fourth-order valence-corrected chi connectivity index (χ4v) is 2.80. The van der Waals surface area contributed by atoms with Crippen molar-refractivity contribution in [2.45, 2.75) is 6.54 Å². The molecule has 1 saturated heterocycles. The van der Waals surface area contributed by atoms with Crippen LogP contribution < -0.4 is 15.0 Å². The summed E-state index contributed by atoms with van der Waals surface area (Å²) >= 11 is 6.08. The van der Waals surface area contributed by atoms with E-state index >= 15 is 0 Å². The van der Waals surface area contributed by atoms with Gasteiger partial charge in [0.05, 0.1) is 24.4 Å². The minimum Gasteiger partial charge on any atom is -0.497 e. The summed E-state index contributed by atoms with van der Waals surface area (Å²) in [5.74, 6) is -1.90. The number of carbonyl (C=O) groups is 3. The lowest BCUT2D eigenvalue weighted by molar-refractivity contribution is -0.131. The molecule has 3 rings (SSSR count). The van der Waals surface area contributed by atoms with E-state index in [9.17, 15) is 14.4 Å². The van der Waals surface area contributed by atoms with Gasteiger partial charge in [0.2, 0.25) is 5.91 Å². The maximum Gasteiger partial charge on any atom is 0.335 e. The number of anilines is 1. The lowest BCUT2D eigenvalue weighted by Crippen LogP contribution is -2.58. The number of hydrogen-bond acceptors (Lipinski definition) is 5. The maximum absolute atomic E-state index is 12.7. The number of ether oxygens (including phenoxy) is 1. The zero-order valence-electron chi connectivity index (χ0n) is 14.4. The van der Waals surface area contributed by atoms with Crippen molar-refractivity contribution in [3.05, 3.63) is 59.1 Å². The topological polar surface area (TPSA) is 88.1 Å². The molecule has 0 radical (unpaired) electrons. The summed E-state index contributed by atoms with van der Waals surface area (Å²) in [6.45, 7) is 0.279. The van der Waals surface area contributed by atoms with E-state index in [-0.39, 0.29) is 17.3 Å². The molecule has 8 heteroatoms. The molecule has 0 saturated carbocycles. The second-order valence-corrected chi connectivity index (χ2v) is 6.14. The minimum atomic E-state index is -1.21. The van der Waals surface area contributed by atoms with E-state index in [1.54, 1.807) is 37.4 Å². The van der Waals surface area contributed by atoms with E-state index in [4.69, 9.17) is 16.3 Å². The number of urea groups is 1. The number of barbiturate groups is 1. The highest BCUT2D eigenvalue weighted by Gasteiger charge is 2.41. The Kier molecular flexibility index (Phi) is 5.52. The summed E-state index contributed by atoms with van der Waals surface area (Å²) < 4.78 is 5.09. The Morgan fingerprint density at radius 1 is 1.15 bits per heavy atom. The standard InChI is InChI=1S/C19H16ClN3O4/c1-27-13-8-6-12(7-9-13)10-21-11-14-17(24)22-19(26)23(18(14)25)16-5-3-2-4-15(16)20/h2-9,11,14H,10H2,1H3,(H,22,24,26). The molecule has 7 nitrogen and oxygen atoms in total. The molecule has 1 atom stereocenters. The van der Waals surface area contributed by atoms with Crippen LogP contribution in [0.2, 0.25) is 5.02 Å². The number of rotatable bonds is 5. The van der Waals surface area contributed by atoms with Gasteiger partial charge < -0.3 is 4.74 Å². The Morgan fingerprint density at radius 2 is 1.85 bits per heavy atom. The predicted molar refractivity (Wildman–Crippen MR) is 101 cm³/mol. The fourth-order valence-electron chi connectivity index (χ4n) is 2.58. The first-order chi connectivity index (χ1) is 13.0. The van der Waals surface area contributed by atoms with Crippen molar-refractivity contribution in [3.8, 4) is 5.75 Å². The predicted octanol–water partition coefficient (Wildman–Crippen LogP) is 2.82. The van der Waals surface area contributed by atoms with Crippen LogP contribution in [-0.4, -0.2) is 31.2 Å². The molecule has 1 unspecified atom stereocenters. The molecule has 2 aromatic carbocycles. The largest absolute Gasteiger partial charge is 0.497 e. The van der Waals surface area contributed by atoms with Crippen molar-refractivity contribution in [2.75, 3.05) is 12.0 Å². The maximum atomic E-state index is 12.7. The van der Waals surface area contributed by atoms with Gasteiger partial charge in [0.25, 0.3) is 5.91 Å². The van der Waals surface area contributed by atoms with Gasteiger partial charge in [0, 0.05) is 6.21 Å². The van der Waals surface area contributed by atoms with Gasteiger partial charge in [0.1, 0.15) is 5.75 Å². The summed E-state index contributed by atoms with van der Waals surface area (Å²) in [5.41, 5.74) is 1.09. The lowest BCUT2D eigenvalue weighted by Gasteiger charge is -2.29. The number of nitrogens with zero attached hydrogens (tertiary/aromatic N) is 2. The molecule has 4 amide bonds. The van der Waals surface area contributed by atoms with E-state index in [2.05, 4.69) is 10.3 Å². The molecule has 27 heavy (non-hydrogen) atoms. The number of aliphatic imine (C=N–C) groups is 1. The highest BCUT2D eigenvalue weighted by Crippen LogP contribution is 2.28. The number of para-hydroxylation sites is 1. The van der Waals surface area contributed by atoms with Crippen LogP contribution in [0.15, 0.2) is 53.5 Å². The Hall–Kier alpha value is -3.19. The Bertz CT molecular complexity index is 911. The SMILES string of the molecule is COc1ccc(CN=CC2C(=O)NC(=O)N(c3ccccc3Cl)C2=O)cc1. The number of methoxy groups -OCH3 is 1. The van der Waals surface area contributed by atoms with Gasteiger partial charge in [-0.3, -0.25) is 19.9 Å². The molecular weight excluding hydrogens is 370 g/mol. The van der Waals surface area contributed by atoms with E-state index < -0.39 is 23.8 Å². The number of halogens is 1. The number of benzene rings is 2. The fraction of sp³-hybridized carbons (Fsp3) is 0.158. The Balaban J connectivity index is 1.77. The van der Waals surface area contributed by atoms with Gasteiger partial charge in [-0.25, -0.2) is 9.69 Å². The molecular formula is C19H16ClN3O4. The van der Waals surface area contributed by atoms with Crippen molar-refractivity contribution < 1.29 is 19.1 Å². The zero-order valence-corrected chi connectivity index (χ0v) is 15.1. The average Bonchev–Trinajstić information content (AvgIpc) is 2.66. The van der Waals surface area contributed by atoms with E-state index in [0.717, 1.165) is 16.2 Å². The molecule has 2 aromatic rings. The second-order valence-electron chi connectivity index (χ2n) is 5.73. The van der Waals surface area contributed by atoms with Crippen LogP contribution in [0.25, 0.3) is 0 Å². The monoisotopic (exact) mass is 385 g/mol. The molecule has 0 bridgehead atoms. The third kappa shape index (κ3) is 3.98. The highest BCUT2D eigenvalue weighted by atomic mass is 35.5. The van der Waals surface area contributed by atoms with Crippen LogP contribution in [0.3, 0.4) is 0 Å². The number of amides is 4. The van der Waals surface area contributed by atoms with Gasteiger partial charge in [-0.2, -0.15) is 0 Å². The Morgan fingerprint density at radius 3 is 2.52 bits per heavy atom. The molecule has 1 aliphatic rings. The van der Waals surface area contributed by atoms with Crippen molar-refractivity contribution in [1.29, 1.82) is 0 Å². The first-order valence-electron chi connectivity index (χ1n) is 8.07. The molecule has 0 aromatic heterocycles. The van der Waals surface area contributed by atoms with Crippen LogP contribution in [0, 0.1) is 5.92 Å². The normalized spacial score (nSPS) is 17.3. The third-order valence-corrected chi connectivity index (χ3v) is 4.30. The van der Waals surface area contributed by atoms with Crippen molar-refractivity contribution in [2.24, 2.45) is 10.9 Å². The van der Waals surface area contributed by atoms with Crippen LogP contribution in [0.4, 0.5) is 10.5 Å². The second kappa shape index (κ2) is 8.01. The molecule has 1 N–H and O–H groups in total. The van der Waals surface area contributed by atoms with Crippen LogP contribution in [0.5, 0.6) is 5.75 Å². The quantitative estimate of drug-likeness (QED) is 0.633. The van der Waals surface area contributed by atoms with Gasteiger partial charge in [0.15, 0.2) is 5.92 Å². The minimum absolute atomic E-state index is 0.211. The number of hydrogen-bond donors (Lipinski definition) is 1. The molecule has 1 fully saturated rings. The number of carbonyl (C=O) groups excluding carboxylic acids is 3. The molecule has 1 aliphatic heterocycles. The summed E-state index contributed by atoms with van der Waals surface area (Å²) in [5, 5.41) is 2.39. The molecule has 0 aliphatic carbocycles. The van der Waals surface area contributed by atoms with E-state index in [1.165, 1.54) is 12.3 Å². The van der Waals surface area contributed by atoms with Crippen LogP contribution >= 0.6 is 11.6 Å².